The number of ketones is 1. The van der Waals surface area contributed by atoms with Crippen molar-refractivity contribution < 1.29 is 19.6 Å². The average Bonchev–Trinajstić information content (AvgIpc) is 2.86. The maximum Gasteiger partial charge on any atom is 0.248 e. The lowest BCUT2D eigenvalue weighted by atomic mass is 9.58. The van der Waals surface area contributed by atoms with E-state index in [1.165, 1.54) is 0 Å². The van der Waals surface area contributed by atoms with Crippen molar-refractivity contribution in [3.8, 4) is 0 Å². The lowest BCUT2D eigenvalue weighted by Crippen LogP contribution is -2.55. The zero-order valence-corrected chi connectivity index (χ0v) is 21.6. The normalized spacial score (nSPS) is 18.3. The lowest BCUT2D eigenvalue weighted by molar-refractivity contribution is -0.153. The minimum absolute atomic E-state index is 0.0229. The highest BCUT2D eigenvalue weighted by molar-refractivity contribution is 5.98. The van der Waals surface area contributed by atoms with Crippen LogP contribution < -0.4 is 16.7 Å². The zero-order valence-electron chi connectivity index (χ0n) is 21.6. The van der Waals surface area contributed by atoms with Gasteiger partial charge < -0.3 is 0 Å². The molecule has 0 heterocycles. The number of rotatable bonds is 12. The van der Waals surface area contributed by atoms with Crippen LogP contribution in [0.25, 0.3) is 6.08 Å². The highest BCUT2D eigenvalue weighted by Crippen LogP contribution is 2.47. The van der Waals surface area contributed by atoms with Crippen LogP contribution in [0.15, 0.2) is 36.4 Å². The standard InChI is InChI=1S/C28H43N3O4/c1-19(2)17-23(26(33)30-29)24(27(34)31-35)28(18-20(3)4,16-15-21-11-7-5-8-12-21)25(32)22-13-9-6-10-14-22/h5,7-8,11-12,15-16,19-20,22-24,35H,6,9-10,13-14,17-18,29H2,1-4H3,(H,30,33)(H,31,34)/b16-15+/t23-,24-,28?/m1/s1. The SMILES string of the molecule is CC(C)C[C@@H](C(=O)NN)[C@H](C(=O)NO)C(/C=C/c1ccccc1)(CC(C)C)C(=O)C1CCCCC1. The fraction of sp³-hybridized carbons (Fsp3) is 0.607. The van der Waals surface area contributed by atoms with Crippen molar-refractivity contribution in [2.45, 2.75) is 72.6 Å². The summed E-state index contributed by atoms with van der Waals surface area (Å²) in [4.78, 5) is 41.0. The number of hydrogen-bond donors (Lipinski definition) is 4. The van der Waals surface area contributed by atoms with E-state index in [9.17, 15) is 19.6 Å². The molecule has 1 aromatic carbocycles. The summed E-state index contributed by atoms with van der Waals surface area (Å²) in [5.41, 5.74) is 3.60. The van der Waals surface area contributed by atoms with Crippen molar-refractivity contribution in [2.75, 3.05) is 0 Å². The maximum atomic E-state index is 14.5. The molecule has 1 saturated carbocycles. The van der Waals surface area contributed by atoms with Crippen LogP contribution in [0.1, 0.15) is 78.2 Å². The van der Waals surface area contributed by atoms with Gasteiger partial charge in [0.05, 0.1) is 17.3 Å². The number of amides is 2. The molecule has 7 nitrogen and oxygen atoms in total. The van der Waals surface area contributed by atoms with Gasteiger partial charge in [0.15, 0.2) is 0 Å². The number of hydrazine groups is 1. The molecule has 1 aliphatic rings. The lowest BCUT2D eigenvalue weighted by Gasteiger charge is -2.43. The van der Waals surface area contributed by atoms with Crippen molar-refractivity contribution >= 4 is 23.7 Å². The molecule has 194 valence electrons. The van der Waals surface area contributed by atoms with E-state index in [1.54, 1.807) is 5.48 Å². The Balaban J connectivity index is 2.79. The molecule has 0 bridgehead atoms. The third kappa shape index (κ3) is 7.48. The van der Waals surface area contributed by atoms with E-state index in [0.717, 1.165) is 37.7 Å². The quantitative estimate of drug-likeness (QED) is 0.149. The Morgan fingerprint density at radius 3 is 2.17 bits per heavy atom. The highest BCUT2D eigenvalue weighted by Gasteiger charge is 2.54. The Bertz CT molecular complexity index is 862. The number of nitrogens with one attached hydrogen (secondary N) is 2. The van der Waals surface area contributed by atoms with Gasteiger partial charge in [-0.1, -0.05) is 89.4 Å². The van der Waals surface area contributed by atoms with Crippen molar-refractivity contribution in [2.24, 2.45) is 40.8 Å². The molecule has 7 heteroatoms. The smallest absolute Gasteiger partial charge is 0.248 e. The molecule has 1 unspecified atom stereocenters. The molecule has 2 amide bonds. The second-order valence-corrected chi connectivity index (χ2v) is 10.8. The third-order valence-electron chi connectivity index (χ3n) is 7.11. The fourth-order valence-corrected chi connectivity index (χ4v) is 5.72. The molecule has 0 aliphatic heterocycles. The first-order valence-corrected chi connectivity index (χ1v) is 12.9. The zero-order chi connectivity index (χ0) is 26.0. The number of carbonyl (C=O) groups is 3. The Kier molecular flexibility index (Phi) is 11.1. The van der Waals surface area contributed by atoms with Crippen molar-refractivity contribution in [3.63, 3.8) is 0 Å². The minimum atomic E-state index is -1.29. The predicted molar refractivity (Wildman–Crippen MR) is 138 cm³/mol. The Morgan fingerprint density at radius 1 is 1.03 bits per heavy atom. The van der Waals surface area contributed by atoms with Gasteiger partial charge in [-0.05, 0) is 43.1 Å². The second kappa shape index (κ2) is 13.5. The number of benzene rings is 1. The van der Waals surface area contributed by atoms with Gasteiger partial charge in [0.1, 0.15) is 5.78 Å². The number of Topliss-reactive ketones (excluding diaryl/α,β-unsaturated/α-hetero) is 1. The van der Waals surface area contributed by atoms with Gasteiger partial charge in [0.25, 0.3) is 0 Å². The highest BCUT2D eigenvalue weighted by atomic mass is 16.5. The topological polar surface area (TPSA) is 122 Å². The molecule has 3 atom stereocenters. The van der Waals surface area contributed by atoms with Crippen LogP contribution in [0.2, 0.25) is 0 Å². The summed E-state index contributed by atoms with van der Waals surface area (Å²) in [7, 11) is 0. The molecule has 1 aromatic rings. The summed E-state index contributed by atoms with van der Waals surface area (Å²) < 4.78 is 0. The van der Waals surface area contributed by atoms with Gasteiger partial charge in [-0.15, -0.1) is 0 Å². The molecule has 0 saturated heterocycles. The summed E-state index contributed by atoms with van der Waals surface area (Å²) in [5, 5.41) is 9.82. The first-order valence-electron chi connectivity index (χ1n) is 12.9. The first-order chi connectivity index (χ1) is 16.7. The third-order valence-corrected chi connectivity index (χ3v) is 7.11. The van der Waals surface area contributed by atoms with Crippen LogP contribution >= 0.6 is 0 Å². The molecule has 0 aromatic heterocycles. The van der Waals surface area contributed by atoms with Crippen LogP contribution in [0, 0.1) is 35.0 Å². The van der Waals surface area contributed by atoms with Crippen molar-refractivity contribution in [1.29, 1.82) is 0 Å². The molecule has 35 heavy (non-hydrogen) atoms. The minimum Gasteiger partial charge on any atom is -0.298 e. The summed E-state index contributed by atoms with van der Waals surface area (Å²) in [6, 6.07) is 9.60. The Morgan fingerprint density at radius 2 is 1.66 bits per heavy atom. The Labute approximate surface area is 209 Å². The van der Waals surface area contributed by atoms with Gasteiger partial charge in [-0.3, -0.25) is 25.0 Å². The van der Waals surface area contributed by atoms with Crippen molar-refractivity contribution in [3.05, 3.63) is 42.0 Å². The molecule has 5 N–H and O–H groups in total. The molecular weight excluding hydrogens is 442 g/mol. The Hall–Kier alpha value is -2.51. The number of nitrogens with two attached hydrogens (primary N) is 1. The first kappa shape index (κ1) is 28.7. The number of carbonyl (C=O) groups excluding carboxylic acids is 3. The molecule has 2 rings (SSSR count). The van der Waals surface area contributed by atoms with E-state index in [1.807, 2.05) is 70.2 Å². The number of hydrogen-bond acceptors (Lipinski definition) is 5. The summed E-state index contributed by atoms with van der Waals surface area (Å²) in [6.45, 7) is 7.93. The fourth-order valence-electron chi connectivity index (χ4n) is 5.72. The van der Waals surface area contributed by atoms with Crippen LogP contribution in [0.5, 0.6) is 0 Å². The monoisotopic (exact) mass is 485 g/mol. The molecular formula is C28H43N3O4. The van der Waals surface area contributed by atoms with Crippen molar-refractivity contribution in [1.82, 2.24) is 10.9 Å². The van der Waals surface area contributed by atoms with Crippen LogP contribution in [0.3, 0.4) is 0 Å². The largest absolute Gasteiger partial charge is 0.298 e. The summed E-state index contributed by atoms with van der Waals surface area (Å²) >= 11 is 0. The van der Waals surface area contributed by atoms with E-state index >= 15 is 0 Å². The predicted octanol–water partition coefficient (Wildman–Crippen LogP) is 4.66. The van der Waals surface area contributed by atoms with E-state index < -0.39 is 29.1 Å². The van der Waals surface area contributed by atoms with E-state index in [4.69, 9.17) is 5.84 Å². The van der Waals surface area contributed by atoms with Crippen LogP contribution in [0.4, 0.5) is 0 Å². The van der Waals surface area contributed by atoms with Gasteiger partial charge >= 0.3 is 0 Å². The molecule has 0 radical (unpaired) electrons. The van der Waals surface area contributed by atoms with Crippen LogP contribution in [-0.4, -0.2) is 22.8 Å². The molecule has 1 aliphatic carbocycles. The van der Waals surface area contributed by atoms with Gasteiger partial charge in [-0.25, -0.2) is 11.3 Å². The summed E-state index contributed by atoms with van der Waals surface area (Å²) in [5.74, 6) is 2.21. The average molecular weight is 486 g/mol. The summed E-state index contributed by atoms with van der Waals surface area (Å²) in [6.07, 6.45) is 8.97. The van der Waals surface area contributed by atoms with E-state index in [2.05, 4.69) is 5.43 Å². The van der Waals surface area contributed by atoms with Gasteiger partial charge in [-0.2, -0.15) is 0 Å². The number of hydroxylamine groups is 1. The van der Waals surface area contributed by atoms with E-state index in [0.29, 0.717) is 12.8 Å². The van der Waals surface area contributed by atoms with Crippen LogP contribution in [-0.2, 0) is 14.4 Å². The van der Waals surface area contributed by atoms with Gasteiger partial charge in [0, 0.05) is 5.92 Å². The maximum absolute atomic E-state index is 14.5. The second-order valence-electron chi connectivity index (χ2n) is 10.8. The molecule has 1 fully saturated rings. The number of allylic oxidation sites excluding steroid dienone is 1. The molecule has 0 spiro atoms. The van der Waals surface area contributed by atoms with Gasteiger partial charge in [0.2, 0.25) is 11.8 Å². The van der Waals surface area contributed by atoms with E-state index in [-0.39, 0.29) is 23.5 Å².